The highest BCUT2D eigenvalue weighted by Gasteiger charge is 2.21. The van der Waals surface area contributed by atoms with Gasteiger partial charge in [0.2, 0.25) is 0 Å². The lowest BCUT2D eigenvalue weighted by atomic mass is 10.2. The van der Waals surface area contributed by atoms with Gasteiger partial charge in [-0.3, -0.25) is 4.90 Å². The minimum absolute atomic E-state index is 0.0296. The number of methoxy groups -OCH3 is 1. The molecule has 0 atom stereocenters. The first-order valence-electron chi connectivity index (χ1n) is 8.44. The van der Waals surface area contributed by atoms with E-state index in [0.29, 0.717) is 19.6 Å². The summed E-state index contributed by atoms with van der Waals surface area (Å²) in [6.45, 7) is 6.21. The van der Waals surface area contributed by atoms with Crippen molar-refractivity contribution in [3.63, 3.8) is 0 Å². The number of carbonyl (C=O) groups excluding carboxylic acids is 1. The van der Waals surface area contributed by atoms with Gasteiger partial charge in [-0.1, -0.05) is 17.3 Å². The van der Waals surface area contributed by atoms with Crippen LogP contribution in [0.5, 0.6) is 5.75 Å². The molecular formula is C18H24N4O3. The summed E-state index contributed by atoms with van der Waals surface area (Å²) >= 11 is 0. The van der Waals surface area contributed by atoms with E-state index in [0.717, 1.165) is 42.4 Å². The Hall–Kier alpha value is -2.54. The first-order valence-corrected chi connectivity index (χ1v) is 8.44. The van der Waals surface area contributed by atoms with Gasteiger partial charge in [-0.05, 0) is 24.6 Å². The average molecular weight is 344 g/mol. The number of benzene rings is 1. The number of carbonyl (C=O) groups is 1. The van der Waals surface area contributed by atoms with Gasteiger partial charge in [-0.2, -0.15) is 0 Å². The molecule has 7 nitrogen and oxygen atoms in total. The minimum atomic E-state index is -0.0296. The van der Waals surface area contributed by atoms with Gasteiger partial charge in [0.15, 0.2) is 5.76 Å². The van der Waals surface area contributed by atoms with Gasteiger partial charge in [-0.15, -0.1) is 0 Å². The van der Waals surface area contributed by atoms with Gasteiger partial charge in [0.1, 0.15) is 5.75 Å². The fourth-order valence-corrected chi connectivity index (χ4v) is 2.89. The van der Waals surface area contributed by atoms with E-state index in [2.05, 4.69) is 15.4 Å². The second kappa shape index (κ2) is 8.02. The van der Waals surface area contributed by atoms with Crippen LogP contribution in [0.25, 0.3) is 0 Å². The maximum atomic E-state index is 12.3. The summed E-state index contributed by atoms with van der Waals surface area (Å²) in [6.07, 6.45) is 0. The minimum Gasteiger partial charge on any atom is -0.497 e. The number of hydrogen-bond acceptors (Lipinski definition) is 5. The van der Waals surface area contributed by atoms with Crippen LogP contribution in [-0.2, 0) is 13.1 Å². The monoisotopic (exact) mass is 344 g/mol. The van der Waals surface area contributed by atoms with Gasteiger partial charge in [-0.25, -0.2) is 4.79 Å². The molecule has 1 saturated heterocycles. The van der Waals surface area contributed by atoms with Crippen LogP contribution >= 0.6 is 0 Å². The Morgan fingerprint density at radius 3 is 2.76 bits per heavy atom. The van der Waals surface area contributed by atoms with Crippen molar-refractivity contribution in [3.05, 3.63) is 47.3 Å². The molecule has 1 aliphatic rings. The standard InChI is InChI=1S/C18H24N4O3/c1-14-10-17(25-20-14)13-21-6-8-22(9-7-21)18(23)19-12-15-4-3-5-16(11-15)24-2/h3-5,10-11H,6-9,12-13H2,1-2H3,(H,19,23). The molecule has 0 radical (unpaired) electrons. The summed E-state index contributed by atoms with van der Waals surface area (Å²) in [7, 11) is 1.64. The quantitative estimate of drug-likeness (QED) is 0.898. The van der Waals surface area contributed by atoms with Crippen molar-refractivity contribution < 1.29 is 14.1 Å². The van der Waals surface area contributed by atoms with Crippen LogP contribution in [0.4, 0.5) is 4.79 Å². The number of hydrogen-bond donors (Lipinski definition) is 1. The van der Waals surface area contributed by atoms with Crippen LogP contribution in [-0.4, -0.2) is 54.3 Å². The summed E-state index contributed by atoms with van der Waals surface area (Å²) in [4.78, 5) is 16.4. The highest BCUT2D eigenvalue weighted by molar-refractivity contribution is 5.74. The zero-order valence-electron chi connectivity index (χ0n) is 14.7. The van der Waals surface area contributed by atoms with Crippen molar-refractivity contribution in [2.75, 3.05) is 33.3 Å². The Bertz CT molecular complexity index is 708. The maximum absolute atomic E-state index is 12.3. The fourth-order valence-electron chi connectivity index (χ4n) is 2.89. The number of piperazine rings is 1. The Morgan fingerprint density at radius 1 is 1.28 bits per heavy atom. The third-order valence-electron chi connectivity index (χ3n) is 4.29. The molecule has 2 amide bonds. The fraction of sp³-hybridized carbons (Fsp3) is 0.444. The van der Waals surface area contributed by atoms with E-state index in [4.69, 9.17) is 9.26 Å². The molecule has 2 heterocycles. The van der Waals surface area contributed by atoms with E-state index in [1.54, 1.807) is 7.11 Å². The zero-order chi connectivity index (χ0) is 17.6. The lowest BCUT2D eigenvalue weighted by Gasteiger charge is -2.34. The molecule has 0 bridgehead atoms. The highest BCUT2D eigenvalue weighted by atomic mass is 16.5. The Balaban J connectivity index is 1.43. The molecule has 25 heavy (non-hydrogen) atoms. The van der Waals surface area contributed by atoms with E-state index < -0.39 is 0 Å². The number of amides is 2. The molecule has 134 valence electrons. The van der Waals surface area contributed by atoms with E-state index in [9.17, 15) is 4.79 Å². The van der Waals surface area contributed by atoms with Crippen molar-refractivity contribution in [1.82, 2.24) is 20.3 Å². The lowest BCUT2D eigenvalue weighted by molar-refractivity contribution is 0.127. The Kier molecular flexibility index (Phi) is 5.55. The molecule has 0 spiro atoms. The summed E-state index contributed by atoms with van der Waals surface area (Å²) < 4.78 is 10.5. The van der Waals surface area contributed by atoms with Crippen LogP contribution in [0.2, 0.25) is 0 Å². The number of rotatable bonds is 5. The smallest absolute Gasteiger partial charge is 0.317 e. The topological polar surface area (TPSA) is 70.8 Å². The third kappa shape index (κ3) is 4.73. The van der Waals surface area contributed by atoms with E-state index in [-0.39, 0.29) is 6.03 Å². The molecular weight excluding hydrogens is 320 g/mol. The number of urea groups is 1. The van der Waals surface area contributed by atoms with Gasteiger partial charge in [0.25, 0.3) is 0 Å². The summed E-state index contributed by atoms with van der Waals surface area (Å²) in [5.41, 5.74) is 1.91. The normalized spacial score (nSPS) is 15.2. The third-order valence-corrected chi connectivity index (χ3v) is 4.29. The average Bonchev–Trinajstić information content (AvgIpc) is 3.05. The maximum Gasteiger partial charge on any atom is 0.317 e. The van der Waals surface area contributed by atoms with E-state index >= 15 is 0 Å². The van der Waals surface area contributed by atoms with Crippen LogP contribution in [0.1, 0.15) is 17.0 Å². The molecule has 0 aliphatic carbocycles. The molecule has 1 fully saturated rings. The number of aryl methyl sites for hydroxylation is 1. The van der Waals surface area contributed by atoms with Crippen molar-refractivity contribution >= 4 is 6.03 Å². The largest absolute Gasteiger partial charge is 0.497 e. The van der Waals surface area contributed by atoms with Crippen molar-refractivity contribution in [3.8, 4) is 5.75 Å². The molecule has 1 aromatic carbocycles. The molecule has 1 N–H and O–H groups in total. The predicted octanol–water partition coefficient (Wildman–Crippen LogP) is 2.02. The van der Waals surface area contributed by atoms with Gasteiger partial charge < -0.3 is 19.5 Å². The molecule has 0 unspecified atom stereocenters. The van der Waals surface area contributed by atoms with E-state index in [1.807, 2.05) is 42.2 Å². The summed E-state index contributed by atoms with van der Waals surface area (Å²) in [6, 6.07) is 9.63. The molecule has 7 heteroatoms. The Labute approximate surface area is 147 Å². The first kappa shape index (κ1) is 17.3. The first-order chi connectivity index (χ1) is 12.1. The second-order valence-corrected chi connectivity index (χ2v) is 6.21. The van der Waals surface area contributed by atoms with Gasteiger partial charge in [0.05, 0.1) is 19.3 Å². The second-order valence-electron chi connectivity index (χ2n) is 6.21. The molecule has 1 aromatic heterocycles. The SMILES string of the molecule is COc1cccc(CNC(=O)N2CCN(Cc3cc(C)no3)CC2)c1. The molecule has 3 rings (SSSR count). The molecule has 0 saturated carbocycles. The highest BCUT2D eigenvalue weighted by Crippen LogP contribution is 2.13. The van der Waals surface area contributed by atoms with Crippen LogP contribution in [0.15, 0.2) is 34.9 Å². The van der Waals surface area contributed by atoms with Gasteiger partial charge in [0, 0.05) is 38.8 Å². The molecule has 2 aromatic rings. The van der Waals surface area contributed by atoms with Crippen molar-refractivity contribution in [2.24, 2.45) is 0 Å². The van der Waals surface area contributed by atoms with E-state index in [1.165, 1.54) is 0 Å². The van der Waals surface area contributed by atoms with Crippen LogP contribution in [0.3, 0.4) is 0 Å². The number of nitrogens with zero attached hydrogens (tertiary/aromatic N) is 3. The number of ether oxygens (including phenoxy) is 1. The lowest BCUT2D eigenvalue weighted by Crippen LogP contribution is -2.51. The summed E-state index contributed by atoms with van der Waals surface area (Å²) in [5.74, 6) is 1.66. The number of aromatic nitrogens is 1. The summed E-state index contributed by atoms with van der Waals surface area (Å²) in [5, 5.41) is 6.88. The van der Waals surface area contributed by atoms with Crippen LogP contribution < -0.4 is 10.1 Å². The van der Waals surface area contributed by atoms with Gasteiger partial charge >= 0.3 is 6.03 Å². The Morgan fingerprint density at radius 2 is 2.08 bits per heavy atom. The molecule has 1 aliphatic heterocycles. The van der Waals surface area contributed by atoms with Crippen molar-refractivity contribution in [1.29, 1.82) is 0 Å². The van der Waals surface area contributed by atoms with Crippen molar-refractivity contribution in [2.45, 2.75) is 20.0 Å². The van der Waals surface area contributed by atoms with Crippen LogP contribution in [0, 0.1) is 6.92 Å². The zero-order valence-corrected chi connectivity index (χ0v) is 14.7. The predicted molar refractivity (Wildman–Crippen MR) is 93.3 cm³/mol. The number of nitrogens with one attached hydrogen (secondary N) is 1.